The minimum atomic E-state index is -2.93. The first kappa shape index (κ1) is 23.6. The van der Waals surface area contributed by atoms with Crippen LogP contribution in [0.4, 0.5) is 0 Å². The summed E-state index contributed by atoms with van der Waals surface area (Å²) in [5.41, 5.74) is 3.02. The Balaban J connectivity index is 1.39. The van der Waals surface area contributed by atoms with Crippen molar-refractivity contribution in [2.24, 2.45) is 0 Å². The molecule has 0 bridgehead atoms. The van der Waals surface area contributed by atoms with Crippen LogP contribution < -0.4 is 4.74 Å². The van der Waals surface area contributed by atoms with Crippen LogP contribution >= 0.6 is 0 Å². The molecular weight excluding hydrogens is 464 g/mol. The summed E-state index contributed by atoms with van der Waals surface area (Å²) in [4.78, 5) is 17.8. The summed E-state index contributed by atoms with van der Waals surface area (Å²) in [6, 6.07) is 17.7. The van der Waals surface area contributed by atoms with Gasteiger partial charge >= 0.3 is 0 Å². The van der Waals surface area contributed by atoms with E-state index < -0.39 is 9.84 Å². The van der Waals surface area contributed by atoms with Gasteiger partial charge in [0.1, 0.15) is 11.4 Å². The maximum atomic E-state index is 13.7. The first-order chi connectivity index (χ1) is 16.9. The number of ether oxygens (including phenoxy) is 1. The Morgan fingerprint density at radius 3 is 2.43 bits per heavy atom. The van der Waals surface area contributed by atoms with E-state index in [9.17, 15) is 13.2 Å². The number of rotatable bonds is 6. The summed E-state index contributed by atoms with van der Waals surface area (Å²) in [7, 11) is -1.31. The van der Waals surface area contributed by atoms with Crippen molar-refractivity contribution in [3.63, 3.8) is 0 Å². The third-order valence-electron chi connectivity index (χ3n) is 6.87. The standard InChI is InChI=1S/C26H30N4O4S/c1-34-24-10-6-5-9-22(24)25-23(18-30(27-25)17-20-7-3-2-4-8-20)26(31)29-14-12-28(13-15-29)21-11-16-35(32,33)19-21/h2-10,18,21H,11-17,19H2,1H3/t21-/m0/s1. The Hall–Kier alpha value is -3.17. The highest BCUT2D eigenvalue weighted by molar-refractivity contribution is 7.91. The fraction of sp³-hybridized carbons (Fsp3) is 0.385. The van der Waals surface area contributed by atoms with Gasteiger partial charge in [0.05, 0.1) is 30.7 Å². The zero-order chi connectivity index (χ0) is 24.4. The quantitative estimate of drug-likeness (QED) is 0.524. The average Bonchev–Trinajstić information content (AvgIpc) is 3.47. The lowest BCUT2D eigenvalue weighted by molar-refractivity contribution is 0.0588. The molecule has 0 unspecified atom stereocenters. The van der Waals surface area contributed by atoms with Gasteiger partial charge in [-0.15, -0.1) is 0 Å². The second kappa shape index (κ2) is 9.83. The van der Waals surface area contributed by atoms with E-state index in [4.69, 9.17) is 9.84 Å². The van der Waals surface area contributed by atoms with Crippen LogP contribution in [0, 0.1) is 0 Å². The van der Waals surface area contributed by atoms with Crippen molar-refractivity contribution in [1.29, 1.82) is 0 Å². The van der Waals surface area contributed by atoms with Gasteiger partial charge in [-0.25, -0.2) is 8.42 Å². The Kier molecular flexibility index (Phi) is 6.62. The number of methoxy groups -OCH3 is 1. The average molecular weight is 495 g/mol. The summed E-state index contributed by atoms with van der Waals surface area (Å²) >= 11 is 0. The van der Waals surface area contributed by atoms with Gasteiger partial charge in [0.25, 0.3) is 5.91 Å². The SMILES string of the molecule is COc1ccccc1-c1nn(Cc2ccccc2)cc1C(=O)N1CCN([C@H]2CCS(=O)(=O)C2)CC1. The Labute approximate surface area is 206 Å². The molecule has 2 aromatic carbocycles. The predicted octanol–water partition coefficient (Wildman–Crippen LogP) is 2.55. The molecule has 2 aliphatic heterocycles. The number of hydrogen-bond acceptors (Lipinski definition) is 6. The number of aromatic nitrogens is 2. The number of piperazine rings is 1. The lowest BCUT2D eigenvalue weighted by Gasteiger charge is -2.37. The predicted molar refractivity (Wildman–Crippen MR) is 134 cm³/mol. The summed E-state index contributed by atoms with van der Waals surface area (Å²) in [6.07, 6.45) is 2.51. The number of carbonyl (C=O) groups is 1. The Bertz CT molecular complexity index is 1300. The van der Waals surface area contributed by atoms with E-state index in [1.807, 2.05) is 70.4 Å². The zero-order valence-corrected chi connectivity index (χ0v) is 20.7. The van der Waals surface area contributed by atoms with Crippen LogP contribution in [0.5, 0.6) is 5.75 Å². The molecule has 184 valence electrons. The largest absolute Gasteiger partial charge is 0.496 e. The van der Waals surface area contributed by atoms with Crippen LogP contribution in [0.25, 0.3) is 11.3 Å². The van der Waals surface area contributed by atoms with Gasteiger partial charge in [-0.1, -0.05) is 42.5 Å². The van der Waals surface area contributed by atoms with E-state index in [1.165, 1.54) is 0 Å². The van der Waals surface area contributed by atoms with E-state index >= 15 is 0 Å². The molecule has 2 saturated heterocycles. The monoisotopic (exact) mass is 494 g/mol. The Morgan fingerprint density at radius 1 is 1.03 bits per heavy atom. The summed E-state index contributed by atoms with van der Waals surface area (Å²) in [5.74, 6) is 1.09. The summed E-state index contributed by atoms with van der Waals surface area (Å²) in [5, 5.41) is 4.81. The summed E-state index contributed by atoms with van der Waals surface area (Å²) in [6.45, 7) is 3.03. The highest BCUT2D eigenvalue weighted by Gasteiger charge is 2.35. The van der Waals surface area contributed by atoms with Crippen molar-refractivity contribution in [1.82, 2.24) is 19.6 Å². The van der Waals surface area contributed by atoms with Gasteiger partial charge in [0, 0.05) is 44.0 Å². The maximum Gasteiger partial charge on any atom is 0.257 e. The minimum Gasteiger partial charge on any atom is -0.496 e. The molecule has 35 heavy (non-hydrogen) atoms. The highest BCUT2D eigenvalue weighted by atomic mass is 32.2. The molecule has 1 atom stereocenters. The highest BCUT2D eigenvalue weighted by Crippen LogP contribution is 2.32. The molecule has 5 rings (SSSR count). The molecule has 3 aromatic rings. The van der Waals surface area contributed by atoms with E-state index in [2.05, 4.69) is 4.90 Å². The number of para-hydroxylation sites is 1. The fourth-order valence-corrected chi connectivity index (χ4v) is 6.75. The number of sulfone groups is 1. The van der Waals surface area contributed by atoms with E-state index in [0.29, 0.717) is 56.2 Å². The van der Waals surface area contributed by atoms with Crippen molar-refractivity contribution in [2.45, 2.75) is 19.0 Å². The van der Waals surface area contributed by atoms with Crippen LogP contribution in [0.2, 0.25) is 0 Å². The molecule has 1 aromatic heterocycles. The van der Waals surface area contributed by atoms with Gasteiger partial charge in [-0.05, 0) is 24.1 Å². The molecule has 1 amide bonds. The smallest absolute Gasteiger partial charge is 0.257 e. The minimum absolute atomic E-state index is 0.0648. The molecule has 2 fully saturated rings. The third-order valence-corrected chi connectivity index (χ3v) is 8.62. The molecule has 8 nitrogen and oxygen atoms in total. The van der Waals surface area contributed by atoms with Crippen LogP contribution in [0.15, 0.2) is 60.8 Å². The first-order valence-corrected chi connectivity index (χ1v) is 13.7. The van der Waals surface area contributed by atoms with Crippen LogP contribution in [-0.2, 0) is 16.4 Å². The van der Waals surface area contributed by atoms with Crippen molar-refractivity contribution < 1.29 is 17.9 Å². The van der Waals surface area contributed by atoms with Crippen LogP contribution in [0.1, 0.15) is 22.3 Å². The van der Waals surface area contributed by atoms with E-state index in [0.717, 1.165) is 11.1 Å². The zero-order valence-electron chi connectivity index (χ0n) is 19.8. The first-order valence-electron chi connectivity index (χ1n) is 11.9. The topological polar surface area (TPSA) is 84.7 Å². The van der Waals surface area contributed by atoms with Crippen LogP contribution in [-0.4, -0.2) is 84.7 Å². The molecule has 9 heteroatoms. The Morgan fingerprint density at radius 2 is 1.74 bits per heavy atom. The summed E-state index contributed by atoms with van der Waals surface area (Å²) < 4.78 is 31.2. The molecule has 0 spiro atoms. The third kappa shape index (κ3) is 5.11. The number of carbonyl (C=O) groups excluding carboxylic acids is 1. The van der Waals surface area contributed by atoms with Crippen molar-refractivity contribution >= 4 is 15.7 Å². The van der Waals surface area contributed by atoms with Gasteiger partial charge in [-0.2, -0.15) is 5.10 Å². The number of benzene rings is 2. The maximum absolute atomic E-state index is 13.7. The number of amides is 1. The van der Waals surface area contributed by atoms with Gasteiger partial charge in [0.15, 0.2) is 9.84 Å². The van der Waals surface area contributed by atoms with E-state index in [-0.39, 0.29) is 23.5 Å². The van der Waals surface area contributed by atoms with Crippen molar-refractivity contribution in [2.75, 3.05) is 44.8 Å². The number of nitrogens with zero attached hydrogens (tertiary/aromatic N) is 4. The van der Waals surface area contributed by atoms with Gasteiger partial charge in [0.2, 0.25) is 0 Å². The lowest BCUT2D eigenvalue weighted by Crippen LogP contribution is -2.52. The molecule has 0 radical (unpaired) electrons. The second-order valence-corrected chi connectivity index (χ2v) is 11.4. The van der Waals surface area contributed by atoms with Gasteiger partial charge in [-0.3, -0.25) is 14.4 Å². The molecule has 0 N–H and O–H groups in total. The van der Waals surface area contributed by atoms with E-state index in [1.54, 1.807) is 7.11 Å². The molecule has 0 saturated carbocycles. The molecule has 2 aliphatic rings. The van der Waals surface area contributed by atoms with Gasteiger partial charge < -0.3 is 9.64 Å². The van der Waals surface area contributed by atoms with Crippen molar-refractivity contribution in [3.8, 4) is 17.0 Å². The van der Waals surface area contributed by atoms with Crippen LogP contribution in [0.3, 0.4) is 0 Å². The molecule has 0 aliphatic carbocycles. The number of hydrogen-bond donors (Lipinski definition) is 0. The molecular formula is C26H30N4O4S. The lowest BCUT2D eigenvalue weighted by atomic mass is 10.1. The van der Waals surface area contributed by atoms with Crippen molar-refractivity contribution in [3.05, 3.63) is 71.9 Å². The fourth-order valence-electron chi connectivity index (χ4n) is 4.99. The normalized spacial score (nSPS) is 20.1. The second-order valence-electron chi connectivity index (χ2n) is 9.16. The molecule has 3 heterocycles.